The van der Waals surface area contributed by atoms with Gasteiger partial charge in [0, 0.05) is 12.7 Å². The van der Waals surface area contributed by atoms with Gasteiger partial charge in [-0.25, -0.2) is 9.78 Å². The third kappa shape index (κ3) is 2.37. The Labute approximate surface area is 87.8 Å². The number of anilines is 1. The van der Waals surface area contributed by atoms with E-state index in [4.69, 9.17) is 10.5 Å². The number of hydrogen-bond acceptors (Lipinski definition) is 4. The summed E-state index contributed by atoms with van der Waals surface area (Å²) >= 11 is 0. The molecule has 1 aliphatic heterocycles. The van der Waals surface area contributed by atoms with Gasteiger partial charge in [0.2, 0.25) is 0 Å². The van der Waals surface area contributed by atoms with E-state index < -0.39 is 0 Å². The lowest BCUT2D eigenvalue weighted by atomic mass is 10.2. The Morgan fingerprint density at radius 3 is 3.07 bits per heavy atom. The van der Waals surface area contributed by atoms with Crippen LogP contribution in [0, 0.1) is 0 Å². The molecule has 0 aromatic carbocycles. The van der Waals surface area contributed by atoms with Crippen LogP contribution in [0.5, 0.6) is 0 Å². The first-order valence-corrected chi connectivity index (χ1v) is 4.88. The molecule has 5 heteroatoms. The summed E-state index contributed by atoms with van der Waals surface area (Å²) in [6.07, 6.45) is 2.31. The molecule has 1 aliphatic rings. The quantitative estimate of drug-likeness (QED) is 0.785. The SMILES string of the molecule is Nc1ccc(CN2CCCOC2=O)cn1. The van der Waals surface area contributed by atoms with Crippen molar-refractivity contribution in [1.82, 2.24) is 9.88 Å². The predicted octanol–water partition coefficient (Wildman–Crippen LogP) is 1.01. The molecule has 1 fully saturated rings. The summed E-state index contributed by atoms with van der Waals surface area (Å²) in [4.78, 5) is 17.0. The van der Waals surface area contributed by atoms with Gasteiger partial charge in [-0.2, -0.15) is 0 Å². The summed E-state index contributed by atoms with van der Waals surface area (Å²) in [5.41, 5.74) is 6.43. The van der Waals surface area contributed by atoms with Crippen molar-refractivity contribution in [1.29, 1.82) is 0 Å². The first-order chi connectivity index (χ1) is 7.25. The van der Waals surface area contributed by atoms with Crippen molar-refractivity contribution in [3.8, 4) is 0 Å². The molecule has 0 radical (unpaired) electrons. The second kappa shape index (κ2) is 4.16. The van der Waals surface area contributed by atoms with Crippen LogP contribution in [0.3, 0.4) is 0 Å². The first-order valence-electron chi connectivity index (χ1n) is 4.88. The number of hydrogen-bond donors (Lipinski definition) is 1. The monoisotopic (exact) mass is 207 g/mol. The number of nitrogens with zero attached hydrogens (tertiary/aromatic N) is 2. The normalized spacial score (nSPS) is 16.3. The summed E-state index contributed by atoms with van der Waals surface area (Å²) < 4.78 is 4.93. The zero-order valence-electron chi connectivity index (χ0n) is 8.35. The Morgan fingerprint density at radius 1 is 1.53 bits per heavy atom. The van der Waals surface area contributed by atoms with E-state index in [2.05, 4.69) is 4.98 Å². The molecule has 2 heterocycles. The van der Waals surface area contributed by atoms with Gasteiger partial charge >= 0.3 is 6.09 Å². The topological polar surface area (TPSA) is 68.4 Å². The maximum atomic E-state index is 11.3. The van der Waals surface area contributed by atoms with Crippen molar-refractivity contribution >= 4 is 11.9 Å². The molecule has 0 bridgehead atoms. The lowest BCUT2D eigenvalue weighted by Gasteiger charge is -2.26. The smallest absolute Gasteiger partial charge is 0.410 e. The van der Waals surface area contributed by atoms with Gasteiger partial charge in [0.1, 0.15) is 5.82 Å². The highest BCUT2D eigenvalue weighted by atomic mass is 16.6. The summed E-state index contributed by atoms with van der Waals surface area (Å²) in [5, 5.41) is 0. The van der Waals surface area contributed by atoms with Gasteiger partial charge < -0.3 is 15.4 Å². The second-order valence-corrected chi connectivity index (χ2v) is 3.48. The van der Waals surface area contributed by atoms with Crippen LogP contribution in [0.25, 0.3) is 0 Å². The number of nitrogens with two attached hydrogens (primary N) is 1. The molecule has 1 aromatic heterocycles. The van der Waals surface area contributed by atoms with Gasteiger partial charge in [-0.15, -0.1) is 0 Å². The lowest BCUT2D eigenvalue weighted by molar-refractivity contribution is 0.0700. The predicted molar refractivity (Wildman–Crippen MR) is 55.0 cm³/mol. The minimum Gasteiger partial charge on any atom is -0.449 e. The molecule has 0 atom stereocenters. The molecule has 1 amide bonds. The van der Waals surface area contributed by atoms with E-state index in [-0.39, 0.29) is 6.09 Å². The van der Waals surface area contributed by atoms with Crippen LogP contribution in [-0.2, 0) is 11.3 Å². The fourth-order valence-corrected chi connectivity index (χ4v) is 1.49. The molecule has 0 aliphatic carbocycles. The zero-order chi connectivity index (χ0) is 10.7. The Kier molecular flexibility index (Phi) is 2.71. The molecule has 0 saturated carbocycles. The number of ether oxygens (including phenoxy) is 1. The number of rotatable bonds is 2. The average molecular weight is 207 g/mol. The van der Waals surface area contributed by atoms with Gasteiger partial charge in [-0.1, -0.05) is 6.07 Å². The maximum absolute atomic E-state index is 11.3. The molecule has 2 rings (SSSR count). The van der Waals surface area contributed by atoms with E-state index in [1.807, 2.05) is 6.07 Å². The molecular weight excluding hydrogens is 194 g/mol. The van der Waals surface area contributed by atoms with Crippen LogP contribution in [0.4, 0.5) is 10.6 Å². The molecule has 80 valence electrons. The Balaban J connectivity index is 2.01. The molecule has 0 spiro atoms. The molecule has 0 unspecified atom stereocenters. The minimum absolute atomic E-state index is 0.252. The van der Waals surface area contributed by atoms with E-state index in [1.165, 1.54) is 0 Å². The number of carbonyl (C=O) groups excluding carboxylic acids is 1. The van der Waals surface area contributed by atoms with Crippen molar-refractivity contribution in [2.24, 2.45) is 0 Å². The van der Waals surface area contributed by atoms with Crippen LogP contribution in [0.15, 0.2) is 18.3 Å². The van der Waals surface area contributed by atoms with Gasteiger partial charge in [0.05, 0.1) is 13.2 Å². The van der Waals surface area contributed by atoms with E-state index >= 15 is 0 Å². The second-order valence-electron chi connectivity index (χ2n) is 3.48. The van der Waals surface area contributed by atoms with Crippen LogP contribution < -0.4 is 5.73 Å². The van der Waals surface area contributed by atoms with Gasteiger partial charge in [-0.3, -0.25) is 0 Å². The highest BCUT2D eigenvalue weighted by Gasteiger charge is 2.19. The average Bonchev–Trinajstić information content (AvgIpc) is 2.25. The molecule has 5 nitrogen and oxygen atoms in total. The molecule has 2 N–H and O–H groups in total. The highest BCUT2D eigenvalue weighted by Crippen LogP contribution is 2.10. The van der Waals surface area contributed by atoms with Crippen LogP contribution in [0.1, 0.15) is 12.0 Å². The number of amides is 1. The van der Waals surface area contributed by atoms with Crippen molar-refractivity contribution in [3.05, 3.63) is 23.9 Å². The van der Waals surface area contributed by atoms with E-state index in [0.717, 1.165) is 18.5 Å². The summed E-state index contributed by atoms with van der Waals surface area (Å²) in [5.74, 6) is 0.486. The molecule has 15 heavy (non-hydrogen) atoms. The van der Waals surface area contributed by atoms with Crippen LogP contribution in [-0.4, -0.2) is 29.1 Å². The van der Waals surface area contributed by atoms with Crippen molar-refractivity contribution in [2.75, 3.05) is 18.9 Å². The largest absolute Gasteiger partial charge is 0.449 e. The number of pyridine rings is 1. The number of cyclic esters (lactones) is 1. The molecular formula is C10H13N3O2. The van der Waals surface area contributed by atoms with Crippen LogP contribution in [0.2, 0.25) is 0 Å². The van der Waals surface area contributed by atoms with Gasteiger partial charge in [-0.05, 0) is 18.1 Å². The van der Waals surface area contributed by atoms with Gasteiger partial charge in [0.15, 0.2) is 0 Å². The van der Waals surface area contributed by atoms with E-state index in [1.54, 1.807) is 17.2 Å². The van der Waals surface area contributed by atoms with Crippen molar-refractivity contribution in [3.63, 3.8) is 0 Å². The zero-order valence-corrected chi connectivity index (χ0v) is 8.35. The third-order valence-corrected chi connectivity index (χ3v) is 2.28. The van der Waals surface area contributed by atoms with E-state index in [0.29, 0.717) is 19.0 Å². The Hall–Kier alpha value is -1.78. The minimum atomic E-state index is -0.252. The highest BCUT2D eigenvalue weighted by molar-refractivity contribution is 5.68. The number of carbonyl (C=O) groups is 1. The van der Waals surface area contributed by atoms with Crippen LogP contribution >= 0.6 is 0 Å². The summed E-state index contributed by atoms with van der Waals surface area (Å²) in [7, 11) is 0. The standard InChI is InChI=1S/C10H13N3O2/c11-9-3-2-8(6-12-9)7-13-4-1-5-15-10(13)14/h2-3,6H,1,4-5,7H2,(H2,11,12). The first kappa shape index (κ1) is 9.76. The molecule has 1 saturated heterocycles. The summed E-state index contributed by atoms with van der Waals surface area (Å²) in [6, 6.07) is 3.59. The molecule has 1 aromatic rings. The fraction of sp³-hybridized carbons (Fsp3) is 0.400. The number of nitrogen functional groups attached to an aromatic ring is 1. The Bertz CT molecular complexity index is 350. The van der Waals surface area contributed by atoms with Gasteiger partial charge in [0.25, 0.3) is 0 Å². The van der Waals surface area contributed by atoms with Crippen molar-refractivity contribution in [2.45, 2.75) is 13.0 Å². The third-order valence-electron chi connectivity index (χ3n) is 2.28. The lowest BCUT2D eigenvalue weighted by Crippen LogP contribution is -2.37. The summed E-state index contributed by atoms with van der Waals surface area (Å²) in [6.45, 7) is 1.80. The Morgan fingerprint density at radius 2 is 2.40 bits per heavy atom. The van der Waals surface area contributed by atoms with E-state index in [9.17, 15) is 4.79 Å². The fourth-order valence-electron chi connectivity index (χ4n) is 1.49. The van der Waals surface area contributed by atoms with Crippen molar-refractivity contribution < 1.29 is 9.53 Å². The maximum Gasteiger partial charge on any atom is 0.410 e. The number of aromatic nitrogens is 1.